The van der Waals surface area contributed by atoms with Crippen LogP contribution in [0.4, 0.5) is 21.9 Å². The highest BCUT2D eigenvalue weighted by atomic mass is 32.2. The van der Waals surface area contributed by atoms with Gasteiger partial charge in [0.1, 0.15) is 0 Å². The molecule has 0 aliphatic carbocycles. The first-order chi connectivity index (χ1) is 19.3. The molecule has 0 radical (unpaired) electrons. The van der Waals surface area contributed by atoms with Crippen molar-refractivity contribution >= 4 is 40.8 Å². The molecule has 206 valence electrons. The summed E-state index contributed by atoms with van der Waals surface area (Å²) in [7, 11) is 3.99. The fourth-order valence-corrected chi connectivity index (χ4v) is 5.20. The van der Waals surface area contributed by atoms with E-state index in [2.05, 4.69) is 5.32 Å². The molecule has 0 fully saturated rings. The molecule has 1 N–H and O–H groups in total. The number of ether oxygens (including phenoxy) is 1. The van der Waals surface area contributed by atoms with E-state index in [1.54, 1.807) is 23.6 Å². The maximum atomic E-state index is 13.7. The Hall–Kier alpha value is -4.23. The van der Waals surface area contributed by atoms with Gasteiger partial charge >= 0.3 is 12.0 Å². The van der Waals surface area contributed by atoms with E-state index in [0.29, 0.717) is 12.3 Å². The summed E-state index contributed by atoms with van der Waals surface area (Å²) < 4.78 is 5.03. The highest BCUT2D eigenvalue weighted by molar-refractivity contribution is 7.99. The minimum atomic E-state index is -0.226. The van der Waals surface area contributed by atoms with E-state index in [0.717, 1.165) is 32.3 Å². The number of carbonyl (C=O) groups is 2. The lowest BCUT2D eigenvalue weighted by Gasteiger charge is -2.30. The minimum absolute atomic E-state index is 0.183. The van der Waals surface area contributed by atoms with Gasteiger partial charge in [0.05, 0.1) is 19.1 Å². The predicted octanol–water partition coefficient (Wildman–Crippen LogP) is 7.81. The Labute approximate surface area is 241 Å². The van der Waals surface area contributed by atoms with Crippen LogP contribution in [0.15, 0.2) is 113 Å². The average molecular weight is 554 g/mol. The number of rotatable bonds is 10. The molecule has 0 saturated carbocycles. The second kappa shape index (κ2) is 13.7. The van der Waals surface area contributed by atoms with Gasteiger partial charge in [0.25, 0.3) is 0 Å². The van der Waals surface area contributed by atoms with Crippen molar-refractivity contribution in [2.75, 3.05) is 35.8 Å². The van der Waals surface area contributed by atoms with Gasteiger partial charge in [0, 0.05) is 40.9 Å². The zero-order valence-electron chi connectivity index (χ0n) is 23.3. The molecule has 0 heterocycles. The highest BCUT2D eigenvalue weighted by Crippen LogP contribution is 2.32. The van der Waals surface area contributed by atoms with Crippen LogP contribution in [0.2, 0.25) is 0 Å². The summed E-state index contributed by atoms with van der Waals surface area (Å²) in [6.45, 7) is 4.22. The van der Waals surface area contributed by atoms with E-state index in [9.17, 15) is 9.59 Å². The van der Waals surface area contributed by atoms with Crippen molar-refractivity contribution < 1.29 is 14.3 Å². The van der Waals surface area contributed by atoms with Gasteiger partial charge in [-0.25, -0.2) is 4.79 Å². The summed E-state index contributed by atoms with van der Waals surface area (Å²) in [4.78, 5) is 31.4. The number of esters is 1. The lowest BCUT2D eigenvalue weighted by molar-refractivity contribution is -0.142. The van der Waals surface area contributed by atoms with Crippen molar-refractivity contribution in [3.63, 3.8) is 0 Å². The third kappa shape index (κ3) is 7.67. The zero-order chi connectivity index (χ0) is 28.5. The maximum Gasteiger partial charge on any atom is 0.326 e. The van der Waals surface area contributed by atoms with E-state index >= 15 is 0 Å². The van der Waals surface area contributed by atoms with Crippen LogP contribution in [0.25, 0.3) is 0 Å². The van der Waals surface area contributed by atoms with Crippen LogP contribution in [-0.2, 0) is 16.0 Å². The quantitative estimate of drug-likeness (QED) is 0.203. The smallest absolute Gasteiger partial charge is 0.326 e. The van der Waals surface area contributed by atoms with Gasteiger partial charge < -0.3 is 15.0 Å². The summed E-state index contributed by atoms with van der Waals surface area (Å²) in [6.07, 6.45) is 0.260. The van der Waals surface area contributed by atoms with Crippen LogP contribution in [0.5, 0.6) is 0 Å². The lowest BCUT2D eigenvalue weighted by atomic mass is 10.1. The van der Waals surface area contributed by atoms with Crippen LogP contribution in [0.1, 0.15) is 31.0 Å². The van der Waals surface area contributed by atoms with Crippen molar-refractivity contribution in [1.82, 2.24) is 0 Å². The monoisotopic (exact) mass is 553 g/mol. The second-order valence-electron chi connectivity index (χ2n) is 9.55. The van der Waals surface area contributed by atoms with Crippen molar-refractivity contribution in [2.24, 2.45) is 0 Å². The van der Waals surface area contributed by atoms with Crippen molar-refractivity contribution in [3.8, 4) is 0 Å². The molecule has 1 atom stereocenters. The van der Waals surface area contributed by atoms with E-state index < -0.39 is 0 Å². The van der Waals surface area contributed by atoms with Crippen molar-refractivity contribution in [2.45, 2.75) is 36.1 Å². The second-order valence-corrected chi connectivity index (χ2v) is 10.7. The number of benzene rings is 4. The van der Waals surface area contributed by atoms with Crippen LogP contribution in [0, 0.1) is 0 Å². The van der Waals surface area contributed by atoms with E-state index in [1.165, 1.54) is 0 Å². The van der Waals surface area contributed by atoms with Gasteiger partial charge in [-0.15, -0.1) is 0 Å². The first-order valence-corrected chi connectivity index (χ1v) is 14.1. The molecule has 2 amide bonds. The molecule has 4 aromatic carbocycles. The van der Waals surface area contributed by atoms with Gasteiger partial charge in [-0.05, 0) is 79.6 Å². The number of carbonyl (C=O) groups excluding carboxylic acids is 2. The molecule has 0 saturated heterocycles. The third-order valence-corrected chi connectivity index (χ3v) is 7.43. The SMILES string of the molecule is CCOC(=O)Cc1ccc(Sc2cccc(NC(=O)N(c3ccc(N(C)C)cc3)C(C)c3ccccc3)c2)cc1. The molecular weight excluding hydrogens is 518 g/mol. The summed E-state index contributed by atoms with van der Waals surface area (Å²) in [5.74, 6) is -0.226. The first-order valence-electron chi connectivity index (χ1n) is 13.3. The van der Waals surface area contributed by atoms with Crippen molar-refractivity contribution in [3.05, 3.63) is 114 Å². The van der Waals surface area contributed by atoms with Crippen LogP contribution in [-0.4, -0.2) is 32.7 Å². The number of urea groups is 1. The van der Waals surface area contributed by atoms with Gasteiger partial charge in [-0.1, -0.05) is 60.3 Å². The van der Waals surface area contributed by atoms with Gasteiger partial charge in [0.2, 0.25) is 0 Å². The average Bonchev–Trinajstić information content (AvgIpc) is 2.95. The van der Waals surface area contributed by atoms with Crippen LogP contribution >= 0.6 is 11.8 Å². The maximum absolute atomic E-state index is 13.7. The van der Waals surface area contributed by atoms with E-state index in [-0.39, 0.29) is 24.5 Å². The summed E-state index contributed by atoms with van der Waals surface area (Å²) in [5.41, 5.74) is 4.55. The number of nitrogens with zero attached hydrogens (tertiary/aromatic N) is 2. The molecule has 4 rings (SSSR count). The molecule has 1 unspecified atom stereocenters. The van der Waals surface area contributed by atoms with E-state index in [1.807, 2.05) is 129 Å². The molecule has 6 nitrogen and oxygen atoms in total. The Balaban J connectivity index is 1.51. The molecule has 4 aromatic rings. The zero-order valence-corrected chi connectivity index (χ0v) is 24.2. The number of anilines is 3. The standard InChI is InChI=1S/C33H35N3O3S/c1-5-39-32(37)22-25-14-20-30(21-15-25)40-31-13-9-12-27(23-31)34-33(38)36(24(2)26-10-7-6-8-11-26)29-18-16-28(17-19-29)35(3)4/h6-21,23-24H,5,22H2,1-4H3,(H,34,38). The fraction of sp³-hybridized carbons (Fsp3) is 0.212. The van der Waals surface area contributed by atoms with Gasteiger partial charge in [-0.2, -0.15) is 0 Å². The first kappa shape index (κ1) is 28.8. The molecule has 0 aliphatic heterocycles. The fourth-order valence-electron chi connectivity index (χ4n) is 4.32. The molecule has 0 aromatic heterocycles. The Kier molecular flexibility index (Phi) is 9.86. The molecule has 0 spiro atoms. The van der Waals surface area contributed by atoms with Crippen LogP contribution in [0.3, 0.4) is 0 Å². The number of nitrogens with one attached hydrogen (secondary N) is 1. The highest BCUT2D eigenvalue weighted by Gasteiger charge is 2.24. The summed E-state index contributed by atoms with van der Waals surface area (Å²) in [6, 6.07) is 33.3. The summed E-state index contributed by atoms with van der Waals surface area (Å²) in [5, 5.41) is 3.11. The topological polar surface area (TPSA) is 61.9 Å². The number of hydrogen-bond donors (Lipinski definition) is 1. The number of hydrogen-bond acceptors (Lipinski definition) is 5. The molecule has 0 bridgehead atoms. The minimum Gasteiger partial charge on any atom is -0.466 e. The molecule has 7 heteroatoms. The number of amides is 2. The molecule has 40 heavy (non-hydrogen) atoms. The van der Waals surface area contributed by atoms with Crippen LogP contribution < -0.4 is 15.1 Å². The largest absolute Gasteiger partial charge is 0.466 e. The normalized spacial score (nSPS) is 11.4. The van der Waals surface area contributed by atoms with E-state index in [4.69, 9.17) is 4.74 Å². The Morgan fingerprint density at radius 2 is 1.50 bits per heavy atom. The Bertz CT molecular complexity index is 1410. The third-order valence-electron chi connectivity index (χ3n) is 6.43. The van der Waals surface area contributed by atoms with Gasteiger partial charge in [0.15, 0.2) is 0 Å². The molecule has 0 aliphatic rings. The Morgan fingerprint density at radius 1 is 0.825 bits per heavy atom. The van der Waals surface area contributed by atoms with Crippen molar-refractivity contribution in [1.29, 1.82) is 0 Å². The molecular formula is C33H35N3O3S. The predicted molar refractivity (Wildman–Crippen MR) is 164 cm³/mol. The lowest BCUT2D eigenvalue weighted by Crippen LogP contribution is -2.37. The van der Waals surface area contributed by atoms with Gasteiger partial charge in [-0.3, -0.25) is 9.69 Å². The Morgan fingerprint density at radius 3 is 2.15 bits per heavy atom. The summed E-state index contributed by atoms with van der Waals surface area (Å²) >= 11 is 1.59.